The average molecular weight is 222 g/mol. The molecule has 0 amide bonds. The Labute approximate surface area is 96.4 Å². The van der Waals surface area contributed by atoms with Crippen LogP contribution in [0.4, 0.5) is 0 Å². The number of carbonyl (C=O) groups excluding carboxylic acids is 1. The van der Waals surface area contributed by atoms with Gasteiger partial charge in [0.05, 0.1) is 13.5 Å². The third-order valence-electron chi connectivity index (χ3n) is 2.37. The maximum absolute atomic E-state index is 11.1. The van der Waals surface area contributed by atoms with Crippen molar-refractivity contribution in [1.82, 2.24) is 0 Å². The molecule has 0 fully saturated rings. The second-order valence-electron chi connectivity index (χ2n) is 3.74. The molecular weight excluding hydrogens is 204 g/mol. The van der Waals surface area contributed by atoms with Gasteiger partial charge >= 0.3 is 5.97 Å². The third kappa shape index (κ3) is 3.93. The smallest absolute Gasteiger partial charge is 0.309 e. The number of hydrogen-bond donors (Lipinski definition) is 0. The van der Waals surface area contributed by atoms with E-state index in [0.29, 0.717) is 6.42 Å². The number of carbonyl (C=O) groups is 1. The Kier molecular flexibility index (Phi) is 4.83. The topological polar surface area (TPSA) is 35.5 Å². The molecule has 1 aromatic carbocycles. The summed E-state index contributed by atoms with van der Waals surface area (Å²) in [6.07, 6.45) is 0.957. The maximum atomic E-state index is 11.1. The largest absolute Gasteiger partial charge is 0.490 e. The quantitative estimate of drug-likeness (QED) is 0.718. The normalized spacial score (nSPS) is 11.9. The van der Waals surface area contributed by atoms with Crippen LogP contribution < -0.4 is 4.74 Å². The van der Waals surface area contributed by atoms with Crippen LogP contribution in [0.1, 0.15) is 25.3 Å². The molecule has 1 atom stereocenters. The van der Waals surface area contributed by atoms with Crippen molar-refractivity contribution in [3.63, 3.8) is 0 Å². The van der Waals surface area contributed by atoms with E-state index in [0.717, 1.165) is 17.7 Å². The van der Waals surface area contributed by atoms with E-state index in [4.69, 9.17) is 4.74 Å². The van der Waals surface area contributed by atoms with E-state index in [1.54, 1.807) is 0 Å². The highest BCUT2D eigenvalue weighted by Gasteiger charge is 2.13. The second kappa shape index (κ2) is 6.16. The van der Waals surface area contributed by atoms with E-state index in [1.165, 1.54) is 7.11 Å². The van der Waals surface area contributed by atoms with Gasteiger partial charge in [-0.2, -0.15) is 0 Å². The minimum Gasteiger partial charge on any atom is -0.490 e. The Morgan fingerprint density at radius 1 is 1.44 bits per heavy atom. The molecule has 0 aromatic heterocycles. The number of ether oxygens (including phenoxy) is 2. The van der Waals surface area contributed by atoms with E-state index >= 15 is 0 Å². The molecule has 88 valence electrons. The molecule has 3 heteroatoms. The Bertz CT molecular complexity index is 347. The lowest BCUT2D eigenvalue weighted by molar-refractivity contribution is -0.142. The summed E-state index contributed by atoms with van der Waals surface area (Å²) in [7, 11) is 1.39. The van der Waals surface area contributed by atoms with E-state index in [9.17, 15) is 4.79 Å². The van der Waals surface area contributed by atoms with Gasteiger partial charge in [-0.15, -0.1) is 0 Å². The first-order chi connectivity index (χ1) is 7.65. The minimum atomic E-state index is -0.237. The molecule has 1 unspecified atom stereocenters. The third-order valence-corrected chi connectivity index (χ3v) is 2.37. The molecule has 0 bridgehead atoms. The zero-order valence-corrected chi connectivity index (χ0v) is 10.0. The molecule has 16 heavy (non-hydrogen) atoms. The van der Waals surface area contributed by atoms with Gasteiger partial charge in [-0.25, -0.2) is 0 Å². The maximum Gasteiger partial charge on any atom is 0.309 e. The van der Waals surface area contributed by atoms with Crippen molar-refractivity contribution in [3.05, 3.63) is 29.8 Å². The fourth-order valence-electron chi connectivity index (χ4n) is 1.42. The number of benzene rings is 1. The van der Waals surface area contributed by atoms with E-state index in [2.05, 4.69) is 4.74 Å². The van der Waals surface area contributed by atoms with Crippen LogP contribution in [-0.2, 0) is 9.53 Å². The second-order valence-corrected chi connectivity index (χ2v) is 3.74. The van der Waals surface area contributed by atoms with Crippen molar-refractivity contribution in [2.45, 2.75) is 32.8 Å². The van der Waals surface area contributed by atoms with Crippen LogP contribution in [0.5, 0.6) is 5.75 Å². The first-order valence-corrected chi connectivity index (χ1v) is 5.45. The molecule has 0 aliphatic carbocycles. The molecule has 1 rings (SSSR count). The average Bonchev–Trinajstić information content (AvgIpc) is 2.28. The molecule has 3 nitrogen and oxygen atoms in total. The minimum absolute atomic E-state index is 0.116. The van der Waals surface area contributed by atoms with Crippen molar-refractivity contribution in [1.29, 1.82) is 0 Å². The van der Waals surface area contributed by atoms with Crippen molar-refractivity contribution >= 4 is 5.97 Å². The van der Waals surface area contributed by atoms with Gasteiger partial charge in [0.15, 0.2) is 0 Å². The van der Waals surface area contributed by atoms with Gasteiger partial charge in [-0.1, -0.05) is 19.1 Å². The summed E-state index contributed by atoms with van der Waals surface area (Å²) >= 11 is 0. The standard InChI is InChI=1S/C13H18O3/c1-4-11(9-13(14)15-3)16-12-7-5-6-10(2)8-12/h5-8,11H,4,9H2,1-3H3. The summed E-state index contributed by atoms with van der Waals surface area (Å²) in [5.74, 6) is 0.565. The van der Waals surface area contributed by atoms with Gasteiger partial charge in [0.25, 0.3) is 0 Å². The lowest BCUT2D eigenvalue weighted by Gasteiger charge is -2.16. The van der Waals surface area contributed by atoms with E-state index in [-0.39, 0.29) is 12.1 Å². The molecule has 0 aliphatic rings. The molecule has 0 aliphatic heterocycles. The van der Waals surface area contributed by atoms with Crippen LogP contribution in [0.15, 0.2) is 24.3 Å². The lowest BCUT2D eigenvalue weighted by Crippen LogP contribution is -2.20. The number of methoxy groups -OCH3 is 1. The summed E-state index contributed by atoms with van der Waals surface area (Å²) in [6, 6.07) is 7.80. The molecular formula is C13H18O3. The van der Waals surface area contributed by atoms with Crippen molar-refractivity contribution in [3.8, 4) is 5.75 Å². The highest BCUT2D eigenvalue weighted by Crippen LogP contribution is 2.16. The van der Waals surface area contributed by atoms with Gasteiger partial charge in [0, 0.05) is 0 Å². The summed E-state index contributed by atoms with van der Waals surface area (Å²) < 4.78 is 10.3. The Morgan fingerprint density at radius 3 is 2.75 bits per heavy atom. The van der Waals surface area contributed by atoms with Crippen molar-refractivity contribution in [2.24, 2.45) is 0 Å². The van der Waals surface area contributed by atoms with Crippen LogP contribution in [0.2, 0.25) is 0 Å². The monoisotopic (exact) mass is 222 g/mol. The summed E-state index contributed by atoms with van der Waals surface area (Å²) in [5, 5.41) is 0. The molecule has 0 saturated carbocycles. The molecule has 0 spiro atoms. The first-order valence-electron chi connectivity index (χ1n) is 5.45. The summed E-state index contributed by atoms with van der Waals surface area (Å²) in [4.78, 5) is 11.1. The van der Waals surface area contributed by atoms with Crippen molar-refractivity contribution in [2.75, 3.05) is 7.11 Å². The molecule has 0 heterocycles. The Hall–Kier alpha value is -1.51. The van der Waals surface area contributed by atoms with E-state index < -0.39 is 0 Å². The predicted molar refractivity (Wildman–Crippen MR) is 62.5 cm³/mol. The van der Waals surface area contributed by atoms with Crippen LogP contribution >= 0.6 is 0 Å². The number of rotatable bonds is 5. The molecule has 0 saturated heterocycles. The highest BCUT2D eigenvalue weighted by atomic mass is 16.5. The Morgan fingerprint density at radius 2 is 2.19 bits per heavy atom. The fourth-order valence-corrected chi connectivity index (χ4v) is 1.42. The van der Waals surface area contributed by atoms with Gasteiger partial charge < -0.3 is 9.47 Å². The van der Waals surface area contributed by atoms with Crippen LogP contribution in [0, 0.1) is 6.92 Å². The van der Waals surface area contributed by atoms with Crippen LogP contribution in [0.25, 0.3) is 0 Å². The van der Waals surface area contributed by atoms with E-state index in [1.807, 2.05) is 38.1 Å². The zero-order chi connectivity index (χ0) is 12.0. The van der Waals surface area contributed by atoms with Gasteiger partial charge in [-0.05, 0) is 31.0 Å². The Balaban J connectivity index is 2.59. The number of hydrogen-bond acceptors (Lipinski definition) is 3. The summed E-state index contributed by atoms with van der Waals surface area (Å²) in [5.41, 5.74) is 1.14. The van der Waals surface area contributed by atoms with Crippen LogP contribution in [-0.4, -0.2) is 19.2 Å². The zero-order valence-electron chi connectivity index (χ0n) is 10.0. The summed E-state index contributed by atoms with van der Waals surface area (Å²) in [6.45, 7) is 4.00. The fraction of sp³-hybridized carbons (Fsp3) is 0.462. The number of esters is 1. The predicted octanol–water partition coefficient (Wildman–Crippen LogP) is 2.72. The van der Waals surface area contributed by atoms with Crippen molar-refractivity contribution < 1.29 is 14.3 Å². The lowest BCUT2D eigenvalue weighted by atomic mass is 10.2. The number of aryl methyl sites for hydroxylation is 1. The van der Waals surface area contributed by atoms with Gasteiger partial charge in [-0.3, -0.25) is 4.79 Å². The molecule has 0 radical (unpaired) electrons. The van der Waals surface area contributed by atoms with Gasteiger partial charge in [0.2, 0.25) is 0 Å². The molecule has 0 N–H and O–H groups in total. The SMILES string of the molecule is CCC(CC(=O)OC)Oc1cccc(C)c1. The first kappa shape index (κ1) is 12.6. The molecule has 1 aromatic rings. The highest BCUT2D eigenvalue weighted by molar-refractivity contribution is 5.69. The van der Waals surface area contributed by atoms with Gasteiger partial charge in [0.1, 0.15) is 11.9 Å². The van der Waals surface area contributed by atoms with Crippen LogP contribution in [0.3, 0.4) is 0 Å².